The highest BCUT2D eigenvalue weighted by Gasteiger charge is 2.05. The van der Waals surface area contributed by atoms with Gasteiger partial charge in [0.1, 0.15) is 0 Å². The van der Waals surface area contributed by atoms with E-state index in [9.17, 15) is 0 Å². The lowest BCUT2D eigenvalue weighted by molar-refractivity contribution is 0.293. The zero-order valence-corrected chi connectivity index (χ0v) is 13.7. The number of unbranched alkanes of at least 4 members (excludes halogenated alkanes) is 4. The first-order chi connectivity index (χ1) is 9.63. The summed E-state index contributed by atoms with van der Waals surface area (Å²) in [5.74, 6) is 0.672. The molecule has 0 saturated carbocycles. The van der Waals surface area contributed by atoms with E-state index in [2.05, 4.69) is 31.1 Å². The number of ether oxygens (including phenoxy) is 1. The Morgan fingerprint density at radius 2 is 2.00 bits per heavy atom. The fraction of sp³-hybridized carbons (Fsp3) is 0.688. The summed E-state index contributed by atoms with van der Waals surface area (Å²) in [7, 11) is 0. The predicted octanol–water partition coefficient (Wildman–Crippen LogP) is 4.58. The van der Waals surface area contributed by atoms with Gasteiger partial charge < -0.3 is 10.1 Å². The van der Waals surface area contributed by atoms with E-state index in [0.29, 0.717) is 16.9 Å². The molecule has 0 bridgehead atoms. The molecule has 1 rings (SSSR count). The van der Waals surface area contributed by atoms with Crippen molar-refractivity contribution in [2.24, 2.45) is 0 Å². The molecule has 20 heavy (non-hydrogen) atoms. The number of nitrogens with zero attached hydrogens (tertiary/aromatic N) is 1. The molecular formula is C16H27ClN2O. The second-order valence-corrected chi connectivity index (χ2v) is 5.82. The Morgan fingerprint density at radius 3 is 2.70 bits per heavy atom. The third-order valence-electron chi connectivity index (χ3n) is 3.11. The van der Waals surface area contributed by atoms with Gasteiger partial charge in [0.2, 0.25) is 5.88 Å². The Balaban J connectivity index is 2.36. The van der Waals surface area contributed by atoms with Crippen LogP contribution in [0.3, 0.4) is 0 Å². The maximum absolute atomic E-state index is 6.14. The van der Waals surface area contributed by atoms with E-state index in [1.54, 1.807) is 6.20 Å². The van der Waals surface area contributed by atoms with Crippen molar-refractivity contribution in [2.75, 3.05) is 6.61 Å². The van der Waals surface area contributed by atoms with E-state index in [0.717, 1.165) is 25.1 Å². The molecule has 0 unspecified atom stereocenters. The van der Waals surface area contributed by atoms with Crippen molar-refractivity contribution in [3.05, 3.63) is 22.8 Å². The van der Waals surface area contributed by atoms with E-state index in [1.807, 2.05) is 6.07 Å². The molecule has 0 fully saturated rings. The molecule has 4 heteroatoms. The summed E-state index contributed by atoms with van der Waals surface area (Å²) in [5, 5.41) is 4.04. The quantitative estimate of drug-likeness (QED) is 0.642. The fourth-order valence-electron chi connectivity index (χ4n) is 1.87. The van der Waals surface area contributed by atoms with Gasteiger partial charge in [-0.3, -0.25) is 0 Å². The van der Waals surface area contributed by atoms with Crippen LogP contribution in [0.2, 0.25) is 5.02 Å². The fourth-order valence-corrected chi connectivity index (χ4v) is 2.04. The Labute approximate surface area is 128 Å². The van der Waals surface area contributed by atoms with E-state index in [1.165, 1.54) is 25.7 Å². The average Bonchev–Trinajstić information content (AvgIpc) is 2.42. The second-order valence-electron chi connectivity index (χ2n) is 5.41. The lowest BCUT2D eigenvalue weighted by atomic mass is 10.2. The largest absolute Gasteiger partial charge is 0.478 e. The predicted molar refractivity (Wildman–Crippen MR) is 85.5 cm³/mol. The lowest BCUT2D eigenvalue weighted by Crippen LogP contribution is -2.22. The number of halogens is 1. The maximum Gasteiger partial charge on any atom is 0.213 e. The lowest BCUT2D eigenvalue weighted by Gasteiger charge is -2.11. The van der Waals surface area contributed by atoms with Crippen molar-refractivity contribution in [3.63, 3.8) is 0 Å². The van der Waals surface area contributed by atoms with Crippen LogP contribution in [-0.2, 0) is 6.54 Å². The molecule has 0 amide bonds. The van der Waals surface area contributed by atoms with Crippen LogP contribution in [0.25, 0.3) is 0 Å². The highest BCUT2D eigenvalue weighted by Crippen LogP contribution is 2.19. The normalized spacial score (nSPS) is 11.1. The molecule has 114 valence electrons. The summed E-state index contributed by atoms with van der Waals surface area (Å²) in [6.07, 6.45) is 7.85. The van der Waals surface area contributed by atoms with Gasteiger partial charge in [0, 0.05) is 24.8 Å². The molecule has 0 aromatic carbocycles. The molecule has 1 aromatic rings. The number of aromatic nitrogens is 1. The van der Waals surface area contributed by atoms with Crippen molar-refractivity contribution >= 4 is 11.6 Å². The molecule has 0 aliphatic carbocycles. The molecule has 0 aliphatic heterocycles. The molecule has 1 heterocycles. The van der Waals surface area contributed by atoms with E-state index in [4.69, 9.17) is 16.3 Å². The first-order valence-electron chi connectivity index (χ1n) is 7.64. The Morgan fingerprint density at radius 1 is 1.25 bits per heavy atom. The second kappa shape index (κ2) is 10.0. The number of hydrogen-bond donors (Lipinski definition) is 1. The summed E-state index contributed by atoms with van der Waals surface area (Å²) in [4.78, 5) is 4.22. The van der Waals surface area contributed by atoms with Crippen molar-refractivity contribution in [1.29, 1.82) is 0 Å². The first kappa shape index (κ1) is 17.3. The monoisotopic (exact) mass is 298 g/mol. The third-order valence-corrected chi connectivity index (χ3v) is 3.45. The number of nitrogens with one attached hydrogen (secondary N) is 1. The van der Waals surface area contributed by atoms with Crippen molar-refractivity contribution in [3.8, 4) is 5.88 Å². The molecular weight excluding hydrogens is 272 g/mol. The van der Waals surface area contributed by atoms with Gasteiger partial charge in [-0.1, -0.05) is 58.1 Å². The van der Waals surface area contributed by atoms with Crippen molar-refractivity contribution < 1.29 is 4.74 Å². The molecule has 1 aromatic heterocycles. The Bertz CT molecular complexity index is 383. The molecule has 0 aliphatic rings. The van der Waals surface area contributed by atoms with Crippen LogP contribution in [0.5, 0.6) is 5.88 Å². The van der Waals surface area contributed by atoms with Gasteiger partial charge in [-0.05, 0) is 12.0 Å². The van der Waals surface area contributed by atoms with Crippen LogP contribution in [0.15, 0.2) is 12.3 Å². The Kier molecular flexibility index (Phi) is 8.63. The van der Waals surface area contributed by atoms with Crippen LogP contribution in [0.1, 0.15) is 58.4 Å². The highest BCUT2D eigenvalue weighted by molar-refractivity contribution is 6.31. The maximum atomic E-state index is 6.14. The topological polar surface area (TPSA) is 34.1 Å². The summed E-state index contributed by atoms with van der Waals surface area (Å²) >= 11 is 6.14. The summed E-state index contributed by atoms with van der Waals surface area (Å²) in [5.41, 5.74) is 1.04. The van der Waals surface area contributed by atoms with Gasteiger partial charge in [0.15, 0.2) is 0 Å². The standard InChI is InChI=1S/C16H27ClN2O/c1-4-5-6-7-8-9-20-16-10-14(11-18-13(2)3)15(17)12-19-16/h10,12-13,18H,4-9,11H2,1-3H3. The molecule has 0 spiro atoms. The third kappa shape index (κ3) is 7.11. The smallest absolute Gasteiger partial charge is 0.213 e. The van der Waals surface area contributed by atoms with Crippen LogP contribution in [-0.4, -0.2) is 17.6 Å². The number of rotatable bonds is 10. The van der Waals surface area contributed by atoms with Crippen LogP contribution in [0.4, 0.5) is 0 Å². The average molecular weight is 299 g/mol. The molecule has 0 radical (unpaired) electrons. The summed E-state index contributed by atoms with van der Waals surface area (Å²) < 4.78 is 5.69. The van der Waals surface area contributed by atoms with Gasteiger partial charge in [-0.2, -0.15) is 0 Å². The van der Waals surface area contributed by atoms with E-state index in [-0.39, 0.29) is 0 Å². The first-order valence-corrected chi connectivity index (χ1v) is 8.02. The minimum atomic E-state index is 0.433. The zero-order chi connectivity index (χ0) is 14.8. The molecule has 0 atom stereocenters. The van der Waals surface area contributed by atoms with Gasteiger partial charge in [-0.15, -0.1) is 0 Å². The van der Waals surface area contributed by atoms with Crippen LogP contribution in [0, 0.1) is 0 Å². The molecule has 1 N–H and O–H groups in total. The zero-order valence-electron chi connectivity index (χ0n) is 12.9. The number of hydrogen-bond acceptors (Lipinski definition) is 3. The molecule has 0 saturated heterocycles. The van der Waals surface area contributed by atoms with Crippen LogP contribution >= 0.6 is 11.6 Å². The van der Waals surface area contributed by atoms with Gasteiger partial charge in [0.05, 0.1) is 11.6 Å². The van der Waals surface area contributed by atoms with Crippen molar-refractivity contribution in [2.45, 2.75) is 65.5 Å². The minimum Gasteiger partial charge on any atom is -0.478 e. The van der Waals surface area contributed by atoms with Gasteiger partial charge in [0.25, 0.3) is 0 Å². The number of pyridine rings is 1. The highest BCUT2D eigenvalue weighted by atomic mass is 35.5. The minimum absolute atomic E-state index is 0.433. The molecule has 3 nitrogen and oxygen atoms in total. The van der Waals surface area contributed by atoms with Gasteiger partial charge in [-0.25, -0.2) is 4.98 Å². The van der Waals surface area contributed by atoms with Crippen molar-refractivity contribution in [1.82, 2.24) is 10.3 Å². The summed E-state index contributed by atoms with van der Waals surface area (Å²) in [6, 6.07) is 2.37. The van der Waals surface area contributed by atoms with E-state index >= 15 is 0 Å². The van der Waals surface area contributed by atoms with Crippen LogP contribution < -0.4 is 10.1 Å². The SMILES string of the molecule is CCCCCCCOc1cc(CNC(C)C)c(Cl)cn1. The Hall–Kier alpha value is -0.800. The van der Waals surface area contributed by atoms with E-state index < -0.39 is 0 Å². The van der Waals surface area contributed by atoms with Gasteiger partial charge >= 0.3 is 0 Å². The summed E-state index contributed by atoms with van der Waals surface area (Å²) in [6.45, 7) is 7.92.